The summed E-state index contributed by atoms with van der Waals surface area (Å²) in [6.45, 7) is 0.388. The van der Waals surface area contributed by atoms with Crippen LogP contribution < -0.4 is 0 Å². The lowest BCUT2D eigenvalue weighted by Gasteiger charge is -2.27. The van der Waals surface area contributed by atoms with Crippen LogP contribution in [0.25, 0.3) is 0 Å². The third-order valence-electron chi connectivity index (χ3n) is 1.96. The van der Waals surface area contributed by atoms with E-state index in [1.807, 2.05) is 0 Å². The average Bonchev–Trinajstić information content (AvgIpc) is 2.12. The summed E-state index contributed by atoms with van der Waals surface area (Å²) in [6, 6.07) is 0. The number of hydrogen-bond donors (Lipinski definition) is 3. The summed E-state index contributed by atoms with van der Waals surface area (Å²) in [5, 5.41) is 27.2. The minimum Gasteiger partial charge on any atom is -0.390 e. The lowest BCUT2D eigenvalue weighted by atomic mass is 9.88. The molecule has 13 heavy (non-hydrogen) atoms. The van der Waals surface area contributed by atoms with Gasteiger partial charge >= 0.3 is 0 Å². The normalized spacial score (nSPS) is 17.5. The van der Waals surface area contributed by atoms with E-state index in [4.69, 9.17) is 10.2 Å². The number of ketones is 1. The standard InChI is InChI=1S/C8H14O5/c1-6(11)8(13,3-2-4-9)7(12)5-10/h4,6,10-11,13H,2-3,5H2,1H3. The van der Waals surface area contributed by atoms with E-state index in [0.29, 0.717) is 6.29 Å². The zero-order valence-corrected chi connectivity index (χ0v) is 7.43. The van der Waals surface area contributed by atoms with Crippen LogP contribution in [-0.4, -0.2) is 45.7 Å². The molecule has 0 aliphatic carbocycles. The first-order valence-corrected chi connectivity index (χ1v) is 3.97. The predicted molar refractivity (Wildman–Crippen MR) is 44.0 cm³/mol. The highest BCUT2D eigenvalue weighted by atomic mass is 16.4. The van der Waals surface area contributed by atoms with Crippen molar-refractivity contribution in [2.45, 2.75) is 31.5 Å². The highest BCUT2D eigenvalue weighted by Crippen LogP contribution is 2.18. The molecule has 2 atom stereocenters. The zero-order chi connectivity index (χ0) is 10.5. The number of rotatable bonds is 6. The molecule has 0 aromatic carbocycles. The van der Waals surface area contributed by atoms with Crippen molar-refractivity contribution in [2.24, 2.45) is 0 Å². The number of Topliss-reactive ketones (excluding diaryl/α,β-unsaturated/α-hetero) is 1. The van der Waals surface area contributed by atoms with Crippen molar-refractivity contribution >= 4 is 12.1 Å². The molecule has 0 spiro atoms. The third kappa shape index (κ3) is 2.87. The van der Waals surface area contributed by atoms with Crippen LogP contribution in [0.5, 0.6) is 0 Å². The minimum absolute atomic E-state index is 0.0346. The molecule has 3 N–H and O–H groups in total. The van der Waals surface area contributed by atoms with E-state index in [1.165, 1.54) is 6.92 Å². The lowest BCUT2D eigenvalue weighted by Crippen LogP contribution is -2.49. The highest BCUT2D eigenvalue weighted by Gasteiger charge is 2.39. The monoisotopic (exact) mass is 190 g/mol. The van der Waals surface area contributed by atoms with E-state index in [1.54, 1.807) is 0 Å². The average molecular weight is 190 g/mol. The topological polar surface area (TPSA) is 94.8 Å². The summed E-state index contributed by atoms with van der Waals surface area (Å²) < 4.78 is 0. The quantitative estimate of drug-likeness (QED) is 0.449. The van der Waals surface area contributed by atoms with Gasteiger partial charge in [0.2, 0.25) is 0 Å². The van der Waals surface area contributed by atoms with Crippen molar-refractivity contribution in [1.82, 2.24) is 0 Å². The van der Waals surface area contributed by atoms with Crippen LogP contribution in [0.2, 0.25) is 0 Å². The molecule has 0 aromatic rings. The Hall–Kier alpha value is -0.780. The van der Waals surface area contributed by atoms with E-state index < -0.39 is 24.1 Å². The number of hydrogen-bond acceptors (Lipinski definition) is 5. The maximum Gasteiger partial charge on any atom is 0.192 e. The molecule has 0 aliphatic heterocycles. The summed E-state index contributed by atoms with van der Waals surface area (Å²) in [4.78, 5) is 21.0. The van der Waals surface area contributed by atoms with Gasteiger partial charge in [-0.25, -0.2) is 0 Å². The van der Waals surface area contributed by atoms with E-state index in [2.05, 4.69) is 0 Å². The van der Waals surface area contributed by atoms with E-state index in [-0.39, 0.29) is 12.8 Å². The van der Waals surface area contributed by atoms with Gasteiger partial charge in [-0.05, 0) is 13.3 Å². The van der Waals surface area contributed by atoms with Gasteiger partial charge in [-0.2, -0.15) is 0 Å². The number of aliphatic hydroxyl groups is 3. The molecule has 5 heteroatoms. The minimum atomic E-state index is -2.00. The summed E-state index contributed by atoms with van der Waals surface area (Å²) in [5.74, 6) is -0.871. The zero-order valence-electron chi connectivity index (χ0n) is 7.43. The van der Waals surface area contributed by atoms with Crippen molar-refractivity contribution in [3.05, 3.63) is 0 Å². The van der Waals surface area contributed by atoms with Crippen molar-refractivity contribution in [3.63, 3.8) is 0 Å². The molecule has 0 aromatic heterocycles. The fraction of sp³-hybridized carbons (Fsp3) is 0.750. The van der Waals surface area contributed by atoms with Crippen LogP contribution in [0.1, 0.15) is 19.8 Å². The van der Waals surface area contributed by atoms with Gasteiger partial charge in [0.05, 0.1) is 6.10 Å². The van der Waals surface area contributed by atoms with Gasteiger partial charge < -0.3 is 20.1 Å². The van der Waals surface area contributed by atoms with Crippen molar-refractivity contribution < 1.29 is 24.9 Å². The van der Waals surface area contributed by atoms with E-state index in [9.17, 15) is 14.7 Å². The summed E-state index contributed by atoms with van der Waals surface area (Å²) in [5.41, 5.74) is -2.00. The number of carbonyl (C=O) groups excluding carboxylic acids is 2. The summed E-state index contributed by atoms with van der Waals surface area (Å²) in [6.07, 6.45) is -0.967. The molecular weight excluding hydrogens is 176 g/mol. The predicted octanol–water partition coefficient (Wildman–Crippen LogP) is -1.36. The van der Waals surface area contributed by atoms with E-state index >= 15 is 0 Å². The van der Waals surface area contributed by atoms with Gasteiger partial charge in [-0.1, -0.05) is 0 Å². The summed E-state index contributed by atoms with van der Waals surface area (Å²) >= 11 is 0. The largest absolute Gasteiger partial charge is 0.390 e. The second kappa shape index (κ2) is 5.06. The number of aldehydes is 1. The van der Waals surface area contributed by atoms with Crippen LogP contribution in [0.15, 0.2) is 0 Å². The fourth-order valence-electron chi connectivity index (χ4n) is 0.997. The van der Waals surface area contributed by atoms with Gasteiger partial charge in [-0.3, -0.25) is 4.79 Å². The Kier molecular flexibility index (Phi) is 4.76. The van der Waals surface area contributed by atoms with Crippen molar-refractivity contribution in [3.8, 4) is 0 Å². The molecule has 0 fully saturated rings. The smallest absolute Gasteiger partial charge is 0.192 e. The maximum atomic E-state index is 11.0. The SMILES string of the molecule is CC(O)C(O)(CCC=O)C(=O)CO. The van der Waals surface area contributed by atoms with Gasteiger partial charge in [0.25, 0.3) is 0 Å². The first-order chi connectivity index (χ1) is 5.99. The highest BCUT2D eigenvalue weighted by molar-refractivity contribution is 5.88. The molecule has 0 saturated heterocycles. The Bertz CT molecular complexity index is 189. The fourth-order valence-corrected chi connectivity index (χ4v) is 0.997. The first kappa shape index (κ1) is 12.2. The molecule has 0 rings (SSSR count). The molecule has 2 unspecified atom stereocenters. The lowest BCUT2D eigenvalue weighted by molar-refractivity contribution is -0.153. The van der Waals surface area contributed by atoms with Crippen molar-refractivity contribution in [2.75, 3.05) is 6.61 Å². The molecular formula is C8H14O5. The van der Waals surface area contributed by atoms with Gasteiger partial charge in [-0.15, -0.1) is 0 Å². The second-order valence-electron chi connectivity index (χ2n) is 2.89. The molecule has 0 bridgehead atoms. The van der Waals surface area contributed by atoms with Gasteiger partial charge in [0.1, 0.15) is 12.9 Å². The van der Waals surface area contributed by atoms with Gasteiger partial charge in [0.15, 0.2) is 11.4 Å². The van der Waals surface area contributed by atoms with Crippen LogP contribution >= 0.6 is 0 Å². The number of carbonyl (C=O) groups is 2. The maximum absolute atomic E-state index is 11.0. The molecule has 0 amide bonds. The molecule has 0 heterocycles. The van der Waals surface area contributed by atoms with Crippen LogP contribution in [0, 0.1) is 0 Å². The molecule has 5 nitrogen and oxygen atoms in total. The Morgan fingerprint density at radius 3 is 2.46 bits per heavy atom. The molecule has 0 saturated carbocycles. The summed E-state index contributed by atoms with van der Waals surface area (Å²) in [7, 11) is 0. The third-order valence-corrected chi connectivity index (χ3v) is 1.96. The Labute approximate surface area is 76.0 Å². The van der Waals surface area contributed by atoms with Crippen LogP contribution in [-0.2, 0) is 9.59 Å². The molecule has 0 radical (unpaired) electrons. The molecule has 76 valence electrons. The first-order valence-electron chi connectivity index (χ1n) is 3.97. The Morgan fingerprint density at radius 1 is 1.62 bits per heavy atom. The second-order valence-corrected chi connectivity index (χ2v) is 2.89. The molecule has 0 aliphatic rings. The van der Waals surface area contributed by atoms with Crippen molar-refractivity contribution in [1.29, 1.82) is 0 Å². The van der Waals surface area contributed by atoms with Crippen LogP contribution in [0.4, 0.5) is 0 Å². The van der Waals surface area contributed by atoms with Gasteiger partial charge in [0, 0.05) is 6.42 Å². The van der Waals surface area contributed by atoms with E-state index in [0.717, 1.165) is 0 Å². The Balaban J connectivity index is 4.51. The van der Waals surface area contributed by atoms with Crippen LogP contribution in [0.3, 0.4) is 0 Å². The Morgan fingerprint density at radius 2 is 2.15 bits per heavy atom. The number of aliphatic hydroxyl groups excluding tert-OH is 2.